The molecule has 0 spiro atoms. The van der Waals surface area contributed by atoms with Gasteiger partial charge in [0.2, 0.25) is 0 Å². The van der Waals surface area contributed by atoms with Gasteiger partial charge in [-0.2, -0.15) is 0 Å². The third-order valence-electron chi connectivity index (χ3n) is 3.86. The number of hydrogen-bond acceptors (Lipinski definition) is 5. The fourth-order valence-electron chi connectivity index (χ4n) is 2.77. The Morgan fingerprint density at radius 2 is 2.08 bits per heavy atom. The first-order chi connectivity index (χ1) is 12.3. The number of carbonyl (C=O) groups is 2. The molecule has 0 aliphatic carbocycles. The van der Waals surface area contributed by atoms with Gasteiger partial charge in [-0.3, -0.25) is 0 Å². The monoisotopic (exact) mass is 382 g/mol. The standard InChI is InChI=1S/C18H23ClN2O5/c1-5-6-11-13(17(23)26-9(2)3)15(21-18(24)20-11)10-7-8-12(25-4)16(22)14(10)19/h7-9,15,22H,5-6H2,1-4H3,(H2,20,21,24). The van der Waals surface area contributed by atoms with Crippen LogP contribution in [0.3, 0.4) is 0 Å². The number of amides is 2. The summed E-state index contributed by atoms with van der Waals surface area (Å²) < 4.78 is 10.4. The number of hydrogen-bond donors (Lipinski definition) is 3. The molecule has 26 heavy (non-hydrogen) atoms. The van der Waals surface area contributed by atoms with Gasteiger partial charge in [0.1, 0.15) is 0 Å². The van der Waals surface area contributed by atoms with Crippen LogP contribution in [0, 0.1) is 0 Å². The van der Waals surface area contributed by atoms with Gasteiger partial charge in [0.05, 0.1) is 29.9 Å². The van der Waals surface area contributed by atoms with Crippen LogP contribution in [0.1, 0.15) is 45.2 Å². The lowest BCUT2D eigenvalue weighted by molar-refractivity contribution is -0.143. The molecule has 1 aliphatic heterocycles. The summed E-state index contributed by atoms with van der Waals surface area (Å²) in [6, 6.07) is 1.82. The van der Waals surface area contributed by atoms with Crippen LogP contribution in [0.5, 0.6) is 11.5 Å². The summed E-state index contributed by atoms with van der Waals surface area (Å²) in [6.45, 7) is 5.43. The number of esters is 1. The van der Waals surface area contributed by atoms with E-state index >= 15 is 0 Å². The van der Waals surface area contributed by atoms with Crippen LogP contribution in [-0.2, 0) is 9.53 Å². The van der Waals surface area contributed by atoms with E-state index in [0.717, 1.165) is 6.42 Å². The molecule has 1 heterocycles. The normalized spacial score (nSPS) is 17.0. The maximum absolute atomic E-state index is 12.7. The number of rotatable bonds is 6. The second-order valence-electron chi connectivity index (χ2n) is 6.15. The minimum atomic E-state index is -0.846. The third kappa shape index (κ3) is 4.04. The molecule has 0 aromatic heterocycles. The average molecular weight is 383 g/mol. The Labute approximate surface area is 157 Å². The smallest absolute Gasteiger partial charge is 0.338 e. The van der Waals surface area contributed by atoms with E-state index in [1.165, 1.54) is 13.2 Å². The minimum absolute atomic E-state index is 0.00208. The van der Waals surface area contributed by atoms with Crippen LogP contribution >= 0.6 is 11.6 Å². The minimum Gasteiger partial charge on any atom is -0.503 e. The first-order valence-electron chi connectivity index (χ1n) is 8.37. The van der Waals surface area contributed by atoms with E-state index in [-0.39, 0.29) is 28.2 Å². The maximum Gasteiger partial charge on any atom is 0.338 e. The molecule has 3 N–H and O–H groups in total. The van der Waals surface area contributed by atoms with E-state index in [1.807, 2.05) is 6.92 Å². The summed E-state index contributed by atoms with van der Waals surface area (Å²) in [5.41, 5.74) is 1.13. The van der Waals surface area contributed by atoms with Crippen LogP contribution in [0.4, 0.5) is 4.79 Å². The van der Waals surface area contributed by atoms with E-state index in [1.54, 1.807) is 19.9 Å². The lowest BCUT2D eigenvalue weighted by Gasteiger charge is -2.30. The summed E-state index contributed by atoms with van der Waals surface area (Å²) in [5.74, 6) is -0.608. The van der Waals surface area contributed by atoms with Crippen molar-refractivity contribution in [3.05, 3.63) is 34.0 Å². The largest absolute Gasteiger partial charge is 0.503 e. The van der Waals surface area contributed by atoms with Gasteiger partial charge >= 0.3 is 12.0 Å². The molecule has 2 rings (SSSR count). The van der Waals surface area contributed by atoms with Crippen molar-refractivity contribution in [3.63, 3.8) is 0 Å². The number of urea groups is 1. The molecule has 142 valence electrons. The number of ether oxygens (including phenoxy) is 2. The quantitative estimate of drug-likeness (QED) is 0.655. The summed E-state index contributed by atoms with van der Waals surface area (Å²) in [7, 11) is 1.40. The number of aromatic hydroxyl groups is 1. The van der Waals surface area contributed by atoms with Gasteiger partial charge in [0, 0.05) is 11.3 Å². The highest BCUT2D eigenvalue weighted by atomic mass is 35.5. The first kappa shape index (κ1) is 19.9. The van der Waals surface area contributed by atoms with Gasteiger partial charge in [-0.25, -0.2) is 9.59 Å². The molecule has 0 bridgehead atoms. The Kier molecular flexibility index (Phi) is 6.37. The fourth-order valence-corrected chi connectivity index (χ4v) is 3.03. The van der Waals surface area contributed by atoms with Crippen molar-refractivity contribution in [3.8, 4) is 11.5 Å². The number of benzene rings is 1. The highest BCUT2D eigenvalue weighted by Gasteiger charge is 2.35. The van der Waals surface area contributed by atoms with Gasteiger partial charge < -0.3 is 25.2 Å². The number of phenolic OH excluding ortho intramolecular Hbond substituents is 1. The van der Waals surface area contributed by atoms with E-state index in [0.29, 0.717) is 17.7 Å². The molecule has 1 aromatic rings. The predicted molar refractivity (Wildman–Crippen MR) is 97.2 cm³/mol. The SMILES string of the molecule is CCCC1=C(C(=O)OC(C)C)C(c2ccc(OC)c(O)c2Cl)NC(=O)N1. The van der Waals surface area contributed by atoms with Gasteiger partial charge in [-0.15, -0.1) is 0 Å². The molecular formula is C18H23ClN2O5. The fraction of sp³-hybridized carbons (Fsp3) is 0.444. The molecule has 0 fully saturated rings. The van der Waals surface area contributed by atoms with E-state index in [2.05, 4.69) is 10.6 Å². The zero-order valence-corrected chi connectivity index (χ0v) is 15.9. The van der Waals surface area contributed by atoms with Crippen molar-refractivity contribution in [2.75, 3.05) is 7.11 Å². The number of methoxy groups -OCH3 is 1. The van der Waals surface area contributed by atoms with Crippen molar-refractivity contribution >= 4 is 23.6 Å². The molecule has 0 saturated heterocycles. The molecular weight excluding hydrogens is 360 g/mol. The second-order valence-corrected chi connectivity index (χ2v) is 6.53. The van der Waals surface area contributed by atoms with Crippen molar-refractivity contribution in [2.24, 2.45) is 0 Å². The molecule has 1 unspecified atom stereocenters. The summed E-state index contributed by atoms with van der Waals surface area (Å²) in [5, 5.41) is 15.6. The van der Waals surface area contributed by atoms with Crippen molar-refractivity contribution in [1.29, 1.82) is 0 Å². The Balaban J connectivity index is 2.59. The number of halogens is 1. The van der Waals surface area contributed by atoms with Gasteiger partial charge in [-0.05, 0) is 26.3 Å². The van der Waals surface area contributed by atoms with E-state index in [9.17, 15) is 14.7 Å². The molecule has 1 aliphatic rings. The lowest BCUT2D eigenvalue weighted by Crippen LogP contribution is -2.46. The molecule has 2 amide bonds. The van der Waals surface area contributed by atoms with Crippen molar-refractivity contribution < 1.29 is 24.2 Å². The topological polar surface area (TPSA) is 96.9 Å². The zero-order chi connectivity index (χ0) is 19.4. The Morgan fingerprint density at radius 1 is 1.38 bits per heavy atom. The highest BCUT2D eigenvalue weighted by Crippen LogP contribution is 2.41. The Bertz CT molecular complexity index is 745. The van der Waals surface area contributed by atoms with Gasteiger partial charge in [-0.1, -0.05) is 31.0 Å². The highest BCUT2D eigenvalue weighted by molar-refractivity contribution is 6.33. The van der Waals surface area contributed by atoms with Crippen LogP contribution < -0.4 is 15.4 Å². The lowest BCUT2D eigenvalue weighted by atomic mass is 9.93. The predicted octanol–water partition coefficient (Wildman–Crippen LogP) is 3.41. The van der Waals surface area contributed by atoms with Gasteiger partial charge in [0.25, 0.3) is 0 Å². The van der Waals surface area contributed by atoms with Crippen LogP contribution in [0.2, 0.25) is 5.02 Å². The average Bonchev–Trinajstić information content (AvgIpc) is 2.56. The van der Waals surface area contributed by atoms with E-state index in [4.69, 9.17) is 21.1 Å². The Hall–Kier alpha value is -2.41. The van der Waals surface area contributed by atoms with Crippen LogP contribution in [-0.4, -0.2) is 30.3 Å². The number of allylic oxidation sites excluding steroid dienone is 1. The molecule has 7 nitrogen and oxygen atoms in total. The van der Waals surface area contributed by atoms with Crippen molar-refractivity contribution in [2.45, 2.75) is 45.8 Å². The zero-order valence-electron chi connectivity index (χ0n) is 15.2. The maximum atomic E-state index is 12.7. The number of phenols is 1. The molecule has 0 radical (unpaired) electrons. The van der Waals surface area contributed by atoms with Crippen LogP contribution in [0.25, 0.3) is 0 Å². The van der Waals surface area contributed by atoms with E-state index < -0.39 is 18.0 Å². The van der Waals surface area contributed by atoms with Crippen molar-refractivity contribution in [1.82, 2.24) is 10.6 Å². The second kappa shape index (κ2) is 8.31. The molecule has 8 heteroatoms. The van der Waals surface area contributed by atoms with Crippen LogP contribution in [0.15, 0.2) is 23.4 Å². The Morgan fingerprint density at radius 3 is 2.65 bits per heavy atom. The third-order valence-corrected chi connectivity index (χ3v) is 4.25. The summed E-state index contributed by atoms with van der Waals surface area (Å²) in [6.07, 6.45) is 0.894. The summed E-state index contributed by atoms with van der Waals surface area (Å²) >= 11 is 6.28. The molecule has 1 atom stereocenters. The molecule has 1 aromatic carbocycles. The molecule has 0 saturated carbocycles. The summed E-state index contributed by atoms with van der Waals surface area (Å²) in [4.78, 5) is 24.8. The van der Waals surface area contributed by atoms with Gasteiger partial charge in [0.15, 0.2) is 11.5 Å². The number of nitrogens with one attached hydrogen (secondary N) is 2. The number of carbonyl (C=O) groups excluding carboxylic acids is 2. The first-order valence-corrected chi connectivity index (χ1v) is 8.74.